The predicted molar refractivity (Wildman–Crippen MR) is 101 cm³/mol. The highest BCUT2D eigenvalue weighted by molar-refractivity contribution is 5.68. The molecule has 0 N–H and O–H groups in total. The van der Waals surface area contributed by atoms with Crippen molar-refractivity contribution in [2.75, 3.05) is 44.4 Å². The molecule has 0 spiro atoms. The van der Waals surface area contributed by atoms with Crippen molar-refractivity contribution in [1.29, 1.82) is 0 Å². The lowest BCUT2D eigenvalue weighted by molar-refractivity contribution is 0.122. The third-order valence-electron chi connectivity index (χ3n) is 4.50. The molecule has 1 aromatic carbocycles. The van der Waals surface area contributed by atoms with Gasteiger partial charge in [-0.3, -0.25) is 0 Å². The van der Waals surface area contributed by atoms with Gasteiger partial charge in [-0.15, -0.1) is 0 Å². The minimum absolute atomic E-state index is 0.628. The lowest BCUT2D eigenvalue weighted by Gasteiger charge is -2.31. The molecule has 136 valence electrons. The van der Waals surface area contributed by atoms with Crippen LogP contribution in [0.15, 0.2) is 24.3 Å². The fourth-order valence-electron chi connectivity index (χ4n) is 3.36. The summed E-state index contributed by atoms with van der Waals surface area (Å²) in [5, 5.41) is 0. The Hall–Kier alpha value is -2.14. The van der Waals surface area contributed by atoms with E-state index in [2.05, 4.69) is 47.6 Å². The molecule has 0 atom stereocenters. The zero-order chi connectivity index (χ0) is 17.8. The molecule has 1 aliphatic heterocycles. The molecule has 5 heteroatoms. The van der Waals surface area contributed by atoms with Gasteiger partial charge in [0.1, 0.15) is 11.5 Å². The first kappa shape index (κ1) is 17.7. The molecule has 25 heavy (non-hydrogen) atoms. The van der Waals surface area contributed by atoms with Crippen LogP contribution in [0.1, 0.15) is 25.2 Å². The highest BCUT2D eigenvalue weighted by Crippen LogP contribution is 2.39. The molecule has 2 aromatic rings. The van der Waals surface area contributed by atoms with Gasteiger partial charge in [0.25, 0.3) is 0 Å². The Kier molecular flexibility index (Phi) is 5.53. The van der Waals surface area contributed by atoms with E-state index in [0.717, 1.165) is 49.2 Å². The van der Waals surface area contributed by atoms with Crippen LogP contribution in [-0.2, 0) is 4.74 Å². The fourth-order valence-corrected chi connectivity index (χ4v) is 3.36. The van der Waals surface area contributed by atoms with Crippen molar-refractivity contribution in [3.8, 4) is 17.2 Å². The normalized spacial score (nSPS) is 14.6. The van der Waals surface area contributed by atoms with Crippen LogP contribution in [0.2, 0.25) is 0 Å². The van der Waals surface area contributed by atoms with E-state index in [1.165, 1.54) is 11.4 Å². The molecule has 0 aliphatic carbocycles. The lowest BCUT2D eigenvalue weighted by Crippen LogP contribution is -2.36. The van der Waals surface area contributed by atoms with E-state index in [-0.39, 0.29) is 0 Å². The van der Waals surface area contributed by atoms with Crippen LogP contribution in [0, 0.1) is 13.8 Å². The predicted octanol–water partition coefficient (Wildman–Crippen LogP) is 3.73. The van der Waals surface area contributed by atoms with Crippen LogP contribution in [-0.4, -0.2) is 44.1 Å². The van der Waals surface area contributed by atoms with Crippen LogP contribution in [0.5, 0.6) is 11.5 Å². The molecule has 1 aromatic heterocycles. The minimum Gasteiger partial charge on any atom is -0.492 e. The highest BCUT2D eigenvalue weighted by atomic mass is 16.5. The van der Waals surface area contributed by atoms with Gasteiger partial charge in [0.05, 0.1) is 37.8 Å². The number of morpholine rings is 1. The van der Waals surface area contributed by atoms with Crippen LogP contribution < -0.4 is 14.4 Å². The van der Waals surface area contributed by atoms with Crippen LogP contribution in [0.3, 0.4) is 0 Å². The topological polar surface area (TPSA) is 35.9 Å². The smallest absolute Gasteiger partial charge is 0.145 e. The zero-order valence-corrected chi connectivity index (χ0v) is 15.7. The molecule has 1 fully saturated rings. The van der Waals surface area contributed by atoms with E-state index in [1.807, 2.05) is 13.8 Å². The Labute approximate surface area is 150 Å². The SMILES string of the molecule is CCOc1cc(-n2c(C)ccc2C)c(OCC)cc1N1CCOCC1. The Morgan fingerprint density at radius 3 is 1.96 bits per heavy atom. The van der Waals surface area contributed by atoms with Crippen molar-refractivity contribution in [2.24, 2.45) is 0 Å². The summed E-state index contributed by atoms with van der Waals surface area (Å²) < 4.78 is 19.7. The van der Waals surface area contributed by atoms with Gasteiger partial charge in [-0.25, -0.2) is 0 Å². The second kappa shape index (κ2) is 7.83. The number of hydrogen-bond acceptors (Lipinski definition) is 4. The highest BCUT2D eigenvalue weighted by Gasteiger charge is 2.21. The Morgan fingerprint density at radius 1 is 0.880 bits per heavy atom. The van der Waals surface area contributed by atoms with E-state index in [1.54, 1.807) is 0 Å². The second-order valence-electron chi connectivity index (χ2n) is 6.20. The van der Waals surface area contributed by atoms with Crippen molar-refractivity contribution in [3.63, 3.8) is 0 Å². The summed E-state index contributed by atoms with van der Waals surface area (Å²) in [4.78, 5) is 2.32. The van der Waals surface area contributed by atoms with Crippen LogP contribution in [0.4, 0.5) is 5.69 Å². The Bertz CT molecular complexity index is 698. The number of ether oxygens (including phenoxy) is 3. The summed E-state index contributed by atoms with van der Waals surface area (Å²) in [6.07, 6.45) is 0. The summed E-state index contributed by atoms with van der Waals surface area (Å²) in [6.45, 7) is 12.7. The molecule has 0 saturated carbocycles. The van der Waals surface area contributed by atoms with Gasteiger partial charge < -0.3 is 23.7 Å². The maximum atomic E-state index is 6.00. The number of nitrogens with zero attached hydrogens (tertiary/aromatic N) is 2. The van der Waals surface area contributed by atoms with E-state index in [0.29, 0.717) is 13.2 Å². The average molecular weight is 344 g/mol. The maximum Gasteiger partial charge on any atom is 0.145 e. The molecule has 0 radical (unpaired) electrons. The van der Waals surface area contributed by atoms with E-state index in [9.17, 15) is 0 Å². The van der Waals surface area contributed by atoms with Crippen molar-refractivity contribution in [3.05, 3.63) is 35.7 Å². The fraction of sp³-hybridized carbons (Fsp3) is 0.500. The second-order valence-corrected chi connectivity index (χ2v) is 6.20. The van der Waals surface area contributed by atoms with E-state index in [4.69, 9.17) is 14.2 Å². The first-order chi connectivity index (χ1) is 12.2. The van der Waals surface area contributed by atoms with Gasteiger partial charge in [-0.1, -0.05) is 0 Å². The first-order valence-electron chi connectivity index (χ1n) is 9.07. The molecule has 0 amide bonds. The molecule has 1 aliphatic rings. The molecule has 0 unspecified atom stereocenters. The molecular weight excluding hydrogens is 316 g/mol. The van der Waals surface area contributed by atoms with Gasteiger partial charge in [-0.2, -0.15) is 0 Å². The van der Waals surface area contributed by atoms with Crippen molar-refractivity contribution in [1.82, 2.24) is 4.57 Å². The standard InChI is InChI=1S/C20H28N2O3/c1-5-24-19-14-18(22-15(3)7-8-16(22)4)20(25-6-2)13-17(19)21-9-11-23-12-10-21/h7-8,13-14H,5-6,9-12H2,1-4H3. The molecule has 5 nitrogen and oxygen atoms in total. The number of rotatable bonds is 6. The maximum absolute atomic E-state index is 6.00. The van der Waals surface area contributed by atoms with Crippen molar-refractivity contribution in [2.45, 2.75) is 27.7 Å². The lowest BCUT2D eigenvalue weighted by atomic mass is 10.2. The third kappa shape index (κ3) is 3.61. The average Bonchev–Trinajstić information content (AvgIpc) is 2.95. The molecule has 3 rings (SSSR count). The number of aryl methyl sites for hydroxylation is 2. The van der Waals surface area contributed by atoms with Gasteiger partial charge in [0.15, 0.2) is 0 Å². The summed E-state index contributed by atoms with van der Waals surface area (Å²) in [6, 6.07) is 8.48. The molecule has 1 saturated heterocycles. The Balaban J connectivity index is 2.13. The molecule has 0 bridgehead atoms. The number of aromatic nitrogens is 1. The number of anilines is 1. The van der Waals surface area contributed by atoms with E-state index >= 15 is 0 Å². The van der Waals surface area contributed by atoms with Crippen molar-refractivity contribution < 1.29 is 14.2 Å². The number of hydrogen-bond donors (Lipinski definition) is 0. The summed E-state index contributed by atoms with van der Waals surface area (Å²) in [5.41, 5.74) is 4.47. The quantitative estimate of drug-likeness (QED) is 0.800. The molecule has 2 heterocycles. The first-order valence-corrected chi connectivity index (χ1v) is 9.07. The van der Waals surface area contributed by atoms with Crippen LogP contribution in [0.25, 0.3) is 5.69 Å². The van der Waals surface area contributed by atoms with Gasteiger partial charge in [0.2, 0.25) is 0 Å². The zero-order valence-electron chi connectivity index (χ0n) is 15.7. The van der Waals surface area contributed by atoms with Crippen LogP contribution >= 0.6 is 0 Å². The summed E-state index contributed by atoms with van der Waals surface area (Å²) >= 11 is 0. The van der Waals surface area contributed by atoms with Gasteiger partial charge >= 0.3 is 0 Å². The summed E-state index contributed by atoms with van der Waals surface area (Å²) in [5.74, 6) is 1.78. The van der Waals surface area contributed by atoms with Gasteiger partial charge in [0, 0.05) is 36.6 Å². The van der Waals surface area contributed by atoms with Crippen molar-refractivity contribution >= 4 is 5.69 Å². The summed E-state index contributed by atoms with van der Waals surface area (Å²) in [7, 11) is 0. The minimum atomic E-state index is 0.628. The largest absolute Gasteiger partial charge is 0.492 e. The van der Waals surface area contributed by atoms with Gasteiger partial charge in [-0.05, 0) is 39.8 Å². The molecular formula is C20H28N2O3. The third-order valence-corrected chi connectivity index (χ3v) is 4.50. The monoisotopic (exact) mass is 344 g/mol. The number of benzene rings is 1. The van der Waals surface area contributed by atoms with E-state index < -0.39 is 0 Å². The Morgan fingerprint density at radius 2 is 1.40 bits per heavy atom.